The quantitative estimate of drug-likeness (QED) is 0.127. The first-order chi connectivity index (χ1) is 19.2. The second kappa shape index (κ2) is 21.1. The second-order valence-corrected chi connectivity index (χ2v) is 10.3. The van der Waals surface area contributed by atoms with Gasteiger partial charge in [-0.1, -0.05) is 89.7 Å². The molecule has 0 saturated heterocycles. The highest BCUT2D eigenvalue weighted by Gasteiger charge is 2.16. The fraction of sp³-hybridized carbons (Fsp3) is 0.667. The zero-order valence-electron chi connectivity index (χ0n) is 23.8. The molecule has 9 heteroatoms. The van der Waals surface area contributed by atoms with Crippen LogP contribution in [-0.4, -0.2) is 40.5 Å². The average molecular weight is 544 g/mol. The molecular formula is C30H49N5O4+. The van der Waals surface area contributed by atoms with E-state index in [2.05, 4.69) is 33.9 Å². The lowest BCUT2D eigenvalue weighted by molar-refractivity contribution is -0.377. The van der Waals surface area contributed by atoms with Crippen LogP contribution in [-0.2, 0) is 4.79 Å². The Morgan fingerprint density at radius 3 is 2.31 bits per heavy atom. The van der Waals surface area contributed by atoms with Gasteiger partial charge in [-0.25, -0.2) is 4.63 Å². The molecule has 0 saturated carbocycles. The summed E-state index contributed by atoms with van der Waals surface area (Å²) >= 11 is 0. The van der Waals surface area contributed by atoms with E-state index in [1.54, 1.807) is 12.1 Å². The van der Waals surface area contributed by atoms with Gasteiger partial charge < -0.3 is 15.7 Å². The Hall–Kier alpha value is -2.81. The first-order valence-electron chi connectivity index (χ1n) is 15.0. The number of allylic oxidation sites excluding steroid dienone is 1. The van der Waals surface area contributed by atoms with Crippen molar-refractivity contribution in [3.63, 3.8) is 0 Å². The molecule has 217 valence electrons. The Balaban J connectivity index is 1.45. The molecule has 2 aromatic rings. The van der Waals surface area contributed by atoms with Crippen molar-refractivity contribution in [3.8, 4) is 0 Å². The van der Waals surface area contributed by atoms with Gasteiger partial charge in [0, 0.05) is 35.5 Å². The average Bonchev–Trinajstić information content (AvgIpc) is 3.45. The van der Waals surface area contributed by atoms with Gasteiger partial charge in [0.05, 0.1) is 18.3 Å². The highest BCUT2D eigenvalue weighted by molar-refractivity contribution is 5.93. The number of hydrogen-bond acceptors (Lipinski definition) is 7. The number of rotatable bonds is 24. The molecule has 1 heterocycles. The maximum atomic E-state index is 12.3. The van der Waals surface area contributed by atoms with Gasteiger partial charge in [-0.3, -0.25) is 4.79 Å². The van der Waals surface area contributed by atoms with Gasteiger partial charge in [-0.15, -0.1) is 0 Å². The summed E-state index contributed by atoms with van der Waals surface area (Å²) in [6.45, 7) is 2.85. The zero-order valence-corrected chi connectivity index (χ0v) is 23.8. The summed E-state index contributed by atoms with van der Waals surface area (Å²) in [7, 11) is 0. The van der Waals surface area contributed by atoms with E-state index in [4.69, 9.17) is 4.63 Å². The number of amides is 1. The predicted octanol–water partition coefficient (Wildman–Crippen LogP) is 5.61. The lowest BCUT2D eigenvalue weighted by Crippen LogP contribution is -2.55. The molecule has 39 heavy (non-hydrogen) atoms. The van der Waals surface area contributed by atoms with Gasteiger partial charge in [0.15, 0.2) is 5.52 Å². The van der Waals surface area contributed by atoms with Crippen LogP contribution in [0.3, 0.4) is 0 Å². The number of carbonyl (C=O) groups is 1. The third-order valence-corrected chi connectivity index (χ3v) is 6.92. The van der Waals surface area contributed by atoms with Crippen molar-refractivity contribution in [2.75, 3.05) is 18.5 Å². The first-order valence-corrected chi connectivity index (χ1v) is 15.0. The summed E-state index contributed by atoms with van der Waals surface area (Å²) in [6, 6.07) is 3.05. The van der Waals surface area contributed by atoms with Crippen molar-refractivity contribution < 1.29 is 19.7 Å². The minimum absolute atomic E-state index is 0.0481. The number of nitrogens with zero attached hydrogens (tertiary/aromatic N) is 2. The van der Waals surface area contributed by atoms with E-state index >= 15 is 0 Å². The highest BCUT2D eigenvalue weighted by atomic mass is 16.6. The SMILES string of the molecule is CCCCCCCCCCCCCC=C[CH][C@H](CO)NC(=O)CCCCCNc1ccc([NH+]=O)c2nonc12. The molecule has 2 rings (SSSR count). The number of unbranched alkanes of at least 4 members (excludes halogenated alkanes) is 13. The molecule has 0 aliphatic heterocycles. The van der Waals surface area contributed by atoms with Crippen LogP contribution < -0.4 is 15.8 Å². The Morgan fingerprint density at radius 1 is 0.949 bits per heavy atom. The summed E-state index contributed by atoms with van der Waals surface area (Å²) in [5.74, 6) is -0.0481. The normalized spacial score (nSPS) is 12.3. The molecule has 9 nitrogen and oxygen atoms in total. The minimum atomic E-state index is -0.349. The number of aliphatic hydroxyl groups excluding tert-OH is 1. The van der Waals surface area contributed by atoms with E-state index in [9.17, 15) is 14.8 Å². The standard InChI is InChI=1S/C30H48N5O4/c1-2-3-4-5-6-7-8-9-10-11-12-13-14-16-19-25(24-36)32-28(37)20-17-15-18-23-31-26-21-22-27(33-38)30-29(26)34-39-35-30/h14,16,19,21-22,25,31,36H,2-13,15,17-18,20,23-24H2,1H3,(H,32,37)/p+1/t25-/m1/s1. The maximum Gasteiger partial charge on any atom is 0.284 e. The zero-order chi connectivity index (χ0) is 28.0. The van der Waals surface area contributed by atoms with Crippen molar-refractivity contribution in [3.05, 3.63) is 35.6 Å². The number of nitrogens with one attached hydrogen (secondary N) is 3. The van der Waals surface area contributed by atoms with E-state index in [0.29, 0.717) is 29.7 Å². The van der Waals surface area contributed by atoms with Crippen LogP contribution in [0.5, 0.6) is 0 Å². The molecule has 0 bridgehead atoms. The number of aromatic nitrogens is 2. The fourth-order valence-electron chi connectivity index (χ4n) is 4.57. The first kappa shape index (κ1) is 32.4. The number of anilines is 1. The van der Waals surface area contributed by atoms with Crippen LogP contribution in [0.4, 0.5) is 11.4 Å². The Morgan fingerprint density at radius 2 is 1.62 bits per heavy atom. The topological polar surface area (TPSA) is 131 Å². The van der Waals surface area contributed by atoms with Gasteiger partial charge in [-0.2, -0.15) is 0 Å². The Labute approximate surface area is 233 Å². The molecule has 1 aromatic heterocycles. The van der Waals surface area contributed by atoms with Gasteiger partial charge in [0.2, 0.25) is 11.4 Å². The molecule has 0 unspecified atom stereocenters. The predicted molar refractivity (Wildman–Crippen MR) is 156 cm³/mol. The lowest BCUT2D eigenvalue weighted by Gasteiger charge is -2.14. The summed E-state index contributed by atoms with van der Waals surface area (Å²) < 4.78 is 4.74. The van der Waals surface area contributed by atoms with Crippen LogP contribution in [0.1, 0.15) is 110 Å². The van der Waals surface area contributed by atoms with Crippen LogP contribution in [0.2, 0.25) is 0 Å². The second-order valence-electron chi connectivity index (χ2n) is 10.3. The number of nitroso groups, excluding NO2 is 1. The molecular weight excluding hydrogens is 494 g/mol. The number of fused-ring (bicyclic) bond motifs is 1. The van der Waals surface area contributed by atoms with Crippen LogP contribution in [0.25, 0.3) is 11.0 Å². The van der Waals surface area contributed by atoms with E-state index in [1.165, 1.54) is 70.6 Å². The van der Waals surface area contributed by atoms with Crippen LogP contribution in [0, 0.1) is 11.3 Å². The molecule has 1 aromatic carbocycles. The smallest absolute Gasteiger partial charge is 0.284 e. The molecule has 4 N–H and O–H groups in total. The van der Waals surface area contributed by atoms with Crippen LogP contribution in [0.15, 0.2) is 28.9 Å². The molecule has 1 radical (unpaired) electrons. The molecule has 1 amide bonds. The van der Waals surface area contributed by atoms with E-state index in [-0.39, 0.29) is 18.6 Å². The molecule has 0 fully saturated rings. The maximum absolute atomic E-state index is 12.3. The minimum Gasteiger partial charge on any atom is -0.394 e. The summed E-state index contributed by atoms with van der Waals surface area (Å²) in [5.41, 5.74) is 1.97. The monoisotopic (exact) mass is 543 g/mol. The summed E-state index contributed by atoms with van der Waals surface area (Å²) in [5, 5.41) is 25.2. The summed E-state index contributed by atoms with van der Waals surface area (Å²) in [6.07, 6.45) is 24.7. The van der Waals surface area contributed by atoms with Gasteiger partial charge in [0.25, 0.3) is 5.69 Å². The largest absolute Gasteiger partial charge is 0.394 e. The van der Waals surface area contributed by atoms with Crippen molar-refractivity contribution >= 4 is 28.3 Å². The van der Waals surface area contributed by atoms with E-state index in [0.717, 1.165) is 31.4 Å². The molecule has 0 spiro atoms. The van der Waals surface area contributed by atoms with E-state index in [1.807, 2.05) is 17.7 Å². The lowest BCUT2D eigenvalue weighted by atomic mass is 10.1. The summed E-state index contributed by atoms with van der Waals surface area (Å²) in [4.78, 5) is 23.2. The Bertz CT molecular complexity index is 962. The highest BCUT2D eigenvalue weighted by Crippen LogP contribution is 2.24. The number of aliphatic hydroxyl groups is 1. The van der Waals surface area contributed by atoms with Crippen molar-refractivity contribution in [1.29, 1.82) is 0 Å². The van der Waals surface area contributed by atoms with Crippen LogP contribution >= 0.6 is 0 Å². The number of benzene rings is 1. The van der Waals surface area contributed by atoms with Crippen molar-refractivity contribution in [2.45, 2.75) is 116 Å². The van der Waals surface area contributed by atoms with Gasteiger partial charge in [0.1, 0.15) is 0 Å². The molecule has 0 aliphatic carbocycles. The Kier molecular flexibility index (Phi) is 17.5. The molecule has 0 aliphatic rings. The third kappa shape index (κ3) is 13.7. The molecule has 1 atom stereocenters. The fourth-order valence-corrected chi connectivity index (χ4v) is 4.57. The van der Waals surface area contributed by atoms with Gasteiger partial charge in [-0.05, 0) is 42.1 Å². The third-order valence-electron chi connectivity index (χ3n) is 6.92. The van der Waals surface area contributed by atoms with Crippen molar-refractivity contribution in [1.82, 2.24) is 15.6 Å². The van der Waals surface area contributed by atoms with E-state index < -0.39 is 0 Å². The number of carbonyl (C=O) groups excluding carboxylic acids is 1. The number of hydrogen-bond donors (Lipinski definition) is 4. The van der Waals surface area contributed by atoms with Crippen molar-refractivity contribution in [2.24, 2.45) is 0 Å². The van der Waals surface area contributed by atoms with Gasteiger partial charge >= 0.3 is 0 Å².